The maximum atomic E-state index is 12.4. The number of rotatable bonds is 6. The van der Waals surface area contributed by atoms with Crippen LogP contribution in [0.4, 0.5) is 26.3 Å². The third-order valence-corrected chi connectivity index (χ3v) is 3.33. The molecule has 0 aliphatic carbocycles. The van der Waals surface area contributed by atoms with Crippen molar-refractivity contribution in [1.29, 1.82) is 0 Å². The molecule has 0 aliphatic heterocycles. The van der Waals surface area contributed by atoms with Crippen LogP contribution in [0.15, 0.2) is 61.1 Å². The Balaban J connectivity index is 1.73. The van der Waals surface area contributed by atoms with Gasteiger partial charge in [-0.15, -0.1) is 0 Å². The molecular formula is C18H13BF6O2. The highest BCUT2D eigenvalue weighted by Crippen LogP contribution is 2.30. The van der Waals surface area contributed by atoms with Crippen LogP contribution in [0.3, 0.4) is 0 Å². The van der Waals surface area contributed by atoms with E-state index in [0.717, 1.165) is 24.3 Å². The van der Waals surface area contributed by atoms with Crippen LogP contribution >= 0.6 is 0 Å². The Morgan fingerprint density at radius 1 is 0.593 bits per heavy atom. The maximum Gasteiger partial charge on any atom is 0.575 e. The van der Waals surface area contributed by atoms with Gasteiger partial charge in [-0.3, -0.25) is 0 Å². The molecule has 0 saturated heterocycles. The molecule has 142 valence electrons. The van der Waals surface area contributed by atoms with Gasteiger partial charge in [0.2, 0.25) is 0 Å². The first-order valence-corrected chi connectivity index (χ1v) is 7.57. The number of benzene rings is 2. The van der Waals surface area contributed by atoms with Gasteiger partial charge in [-0.2, -0.15) is 26.3 Å². The minimum absolute atomic E-state index is 0.172. The first kappa shape index (κ1) is 20.5. The quantitative estimate of drug-likeness (QED) is 0.276. The largest absolute Gasteiger partial charge is 0.575 e. The number of hydrogen-bond donors (Lipinski definition) is 0. The van der Waals surface area contributed by atoms with Crippen LogP contribution in [-0.4, -0.2) is 7.69 Å². The van der Waals surface area contributed by atoms with Gasteiger partial charge >= 0.3 is 20.0 Å². The van der Waals surface area contributed by atoms with Crippen molar-refractivity contribution in [3.63, 3.8) is 0 Å². The highest BCUT2D eigenvalue weighted by molar-refractivity contribution is 6.18. The van der Waals surface area contributed by atoms with Crippen molar-refractivity contribution in [1.82, 2.24) is 0 Å². The Bertz CT molecular complexity index is 710. The molecule has 0 radical (unpaired) electrons. The Labute approximate surface area is 152 Å². The SMILES string of the molecule is FC(F)(F)c1ccc(C=COBOC=Cc2ccc(C(F)(F)F)cc2)cc1. The van der Waals surface area contributed by atoms with E-state index in [2.05, 4.69) is 0 Å². The molecule has 2 rings (SSSR count). The van der Waals surface area contributed by atoms with E-state index in [9.17, 15) is 26.3 Å². The minimum atomic E-state index is -4.38. The average molecular weight is 386 g/mol. The highest BCUT2D eigenvalue weighted by Gasteiger charge is 2.30. The maximum absolute atomic E-state index is 12.4. The number of halogens is 6. The molecule has 0 spiro atoms. The standard InChI is InChI=1S/C18H13BF6O2/c20-17(21,22)15-5-1-13(2-6-15)9-11-26-19-27-12-10-14-3-7-16(8-4-14)18(23,24)25/h1-12,19H. The minimum Gasteiger partial charge on any atom is -0.535 e. The lowest BCUT2D eigenvalue weighted by molar-refractivity contribution is -0.138. The predicted molar refractivity (Wildman–Crippen MR) is 90.3 cm³/mol. The van der Waals surface area contributed by atoms with Crippen LogP contribution in [0, 0.1) is 0 Å². The molecule has 0 unspecified atom stereocenters. The zero-order chi connectivity index (χ0) is 19.9. The summed E-state index contributed by atoms with van der Waals surface area (Å²) in [7, 11) is -0.172. The van der Waals surface area contributed by atoms with Gasteiger partial charge in [0.15, 0.2) is 0 Å². The average Bonchev–Trinajstić information content (AvgIpc) is 2.60. The van der Waals surface area contributed by atoms with Gasteiger partial charge in [0.1, 0.15) is 0 Å². The van der Waals surface area contributed by atoms with Gasteiger partial charge in [0.05, 0.1) is 23.7 Å². The molecule has 0 bridgehead atoms. The second-order valence-electron chi connectivity index (χ2n) is 5.30. The zero-order valence-corrected chi connectivity index (χ0v) is 13.7. The van der Waals surface area contributed by atoms with Crippen LogP contribution in [0.5, 0.6) is 0 Å². The fourth-order valence-electron chi connectivity index (χ4n) is 1.94. The lowest BCUT2D eigenvalue weighted by Crippen LogP contribution is -2.04. The van der Waals surface area contributed by atoms with E-state index in [1.54, 1.807) is 0 Å². The summed E-state index contributed by atoms with van der Waals surface area (Å²) >= 11 is 0. The van der Waals surface area contributed by atoms with Crippen molar-refractivity contribution in [2.24, 2.45) is 0 Å². The lowest BCUT2D eigenvalue weighted by Gasteiger charge is -2.06. The van der Waals surface area contributed by atoms with Crippen LogP contribution < -0.4 is 0 Å². The van der Waals surface area contributed by atoms with Crippen molar-refractivity contribution in [2.75, 3.05) is 0 Å². The first-order chi connectivity index (χ1) is 12.7. The van der Waals surface area contributed by atoms with E-state index in [1.807, 2.05) is 0 Å². The lowest BCUT2D eigenvalue weighted by atomic mass is 10.1. The van der Waals surface area contributed by atoms with Crippen LogP contribution in [0.1, 0.15) is 22.3 Å². The van der Waals surface area contributed by atoms with E-state index >= 15 is 0 Å². The predicted octanol–water partition coefficient (Wildman–Crippen LogP) is 5.67. The van der Waals surface area contributed by atoms with Crippen molar-refractivity contribution >= 4 is 19.8 Å². The molecular weight excluding hydrogens is 373 g/mol. The van der Waals surface area contributed by atoms with E-state index in [4.69, 9.17) is 9.31 Å². The van der Waals surface area contributed by atoms with E-state index in [-0.39, 0.29) is 7.69 Å². The molecule has 27 heavy (non-hydrogen) atoms. The Morgan fingerprint density at radius 2 is 0.926 bits per heavy atom. The zero-order valence-electron chi connectivity index (χ0n) is 13.7. The molecule has 0 amide bonds. The fraction of sp³-hybridized carbons (Fsp3) is 0.111. The summed E-state index contributed by atoms with van der Waals surface area (Å²) in [6.07, 6.45) is -3.33. The summed E-state index contributed by atoms with van der Waals surface area (Å²) in [6, 6.07) is 9.04. The summed E-state index contributed by atoms with van der Waals surface area (Å²) in [5, 5.41) is 0. The molecule has 2 aromatic carbocycles. The van der Waals surface area contributed by atoms with Crippen LogP contribution in [0.25, 0.3) is 12.2 Å². The smallest absolute Gasteiger partial charge is 0.535 e. The monoisotopic (exact) mass is 386 g/mol. The Kier molecular flexibility index (Phi) is 6.60. The summed E-state index contributed by atoms with van der Waals surface area (Å²) in [5.41, 5.74) is -0.443. The summed E-state index contributed by atoms with van der Waals surface area (Å²) in [4.78, 5) is 0. The van der Waals surface area contributed by atoms with E-state index in [1.165, 1.54) is 48.9 Å². The second-order valence-corrected chi connectivity index (χ2v) is 5.30. The molecule has 0 aliphatic rings. The van der Waals surface area contributed by atoms with Gasteiger partial charge < -0.3 is 9.31 Å². The summed E-state index contributed by atoms with van der Waals surface area (Å²) < 4.78 is 84.6. The van der Waals surface area contributed by atoms with Gasteiger partial charge in [-0.1, -0.05) is 24.3 Å². The molecule has 0 N–H and O–H groups in total. The molecule has 0 aromatic heterocycles. The molecule has 0 heterocycles. The molecule has 0 fully saturated rings. The van der Waals surface area contributed by atoms with Crippen molar-refractivity contribution in [3.8, 4) is 0 Å². The van der Waals surface area contributed by atoms with Crippen LogP contribution in [0.2, 0.25) is 0 Å². The topological polar surface area (TPSA) is 18.5 Å². The van der Waals surface area contributed by atoms with E-state index < -0.39 is 23.5 Å². The first-order valence-electron chi connectivity index (χ1n) is 7.57. The summed E-state index contributed by atoms with van der Waals surface area (Å²) in [5.74, 6) is 0. The van der Waals surface area contributed by atoms with Gasteiger partial charge in [-0.25, -0.2) is 0 Å². The van der Waals surface area contributed by atoms with Crippen molar-refractivity contribution in [2.45, 2.75) is 12.4 Å². The van der Waals surface area contributed by atoms with Gasteiger partial charge in [-0.05, 0) is 47.5 Å². The molecule has 2 aromatic rings. The molecule has 2 nitrogen and oxygen atoms in total. The Hall–Kier alpha value is -2.84. The molecule has 0 atom stereocenters. The number of alkyl halides is 6. The Morgan fingerprint density at radius 3 is 1.22 bits per heavy atom. The summed E-state index contributed by atoms with van der Waals surface area (Å²) in [6.45, 7) is 0. The molecule has 0 saturated carbocycles. The van der Waals surface area contributed by atoms with Crippen molar-refractivity contribution in [3.05, 3.63) is 83.3 Å². The third kappa shape index (κ3) is 6.77. The molecule has 9 heteroatoms. The van der Waals surface area contributed by atoms with Crippen molar-refractivity contribution < 1.29 is 35.7 Å². The third-order valence-electron chi connectivity index (χ3n) is 3.33. The highest BCUT2D eigenvalue weighted by atomic mass is 19.4. The normalized spacial score (nSPS) is 12.5. The van der Waals surface area contributed by atoms with Crippen LogP contribution in [-0.2, 0) is 21.7 Å². The van der Waals surface area contributed by atoms with Gasteiger partial charge in [0.25, 0.3) is 0 Å². The number of hydrogen-bond acceptors (Lipinski definition) is 2. The second kappa shape index (κ2) is 8.70. The fourth-order valence-corrected chi connectivity index (χ4v) is 1.94. The van der Waals surface area contributed by atoms with Gasteiger partial charge in [0, 0.05) is 0 Å². The van der Waals surface area contributed by atoms with E-state index in [0.29, 0.717) is 11.1 Å².